The second-order valence-corrected chi connectivity index (χ2v) is 6.65. The predicted octanol–water partition coefficient (Wildman–Crippen LogP) is 2.52. The summed E-state index contributed by atoms with van der Waals surface area (Å²) < 4.78 is 5.30. The Balaban J connectivity index is 2.16. The van der Waals surface area contributed by atoms with E-state index in [1.165, 1.54) is 0 Å². The number of fused-ring (bicyclic) bond motifs is 1. The summed E-state index contributed by atoms with van der Waals surface area (Å²) >= 11 is 0. The maximum absolute atomic E-state index is 12.6. The smallest absolute Gasteiger partial charge is 0.230 e. The number of hydrogen-bond acceptors (Lipinski definition) is 3. The lowest BCUT2D eigenvalue weighted by Gasteiger charge is -2.24. The summed E-state index contributed by atoms with van der Waals surface area (Å²) in [5, 5.41) is 4.07. The van der Waals surface area contributed by atoms with E-state index in [9.17, 15) is 4.79 Å². The van der Waals surface area contributed by atoms with Crippen molar-refractivity contribution >= 4 is 16.8 Å². The van der Waals surface area contributed by atoms with Crippen LogP contribution in [-0.4, -0.2) is 50.1 Å². The van der Waals surface area contributed by atoms with Crippen LogP contribution in [-0.2, 0) is 10.2 Å². The molecule has 0 bridgehead atoms. The molecule has 0 saturated carbocycles. The number of carbonyl (C=O) groups is 1. The SMILES string of the molecule is COc1ccc2[nH]cc(C(C)(C)C(=O)NCCCN(C)C)c2c1. The lowest BCUT2D eigenvalue weighted by atomic mass is 9.83. The number of carbonyl (C=O) groups excluding carboxylic acids is 1. The average Bonchev–Trinajstić information content (AvgIpc) is 2.94. The number of ether oxygens (including phenoxy) is 1. The first-order chi connectivity index (χ1) is 10.9. The van der Waals surface area contributed by atoms with Crippen molar-refractivity contribution in [2.75, 3.05) is 34.3 Å². The number of benzene rings is 1. The first-order valence-electron chi connectivity index (χ1n) is 7.95. The molecule has 1 aromatic heterocycles. The summed E-state index contributed by atoms with van der Waals surface area (Å²) in [5.41, 5.74) is 1.38. The molecule has 0 unspecified atom stereocenters. The maximum atomic E-state index is 12.6. The molecule has 0 radical (unpaired) electrons. The lowest BCUT2D eigenvalue weighted by Crippen LogP contribution is -2.40. The topological polar surface area (TPSA) is 57.4 Å². The molecule has 2 N–H and O–H groups in total. The molecule has 0 saturated heterocycles. The molecule has 1 aromatic carbocycles. The first kappa shape index (κ1) is 17.3. The van der Waals surface area contributed by atoms with Crippen LogP contribution in [0, 0.1) is 0 Å². The normalized spacial score (nSPS) is 11.9. The van der Waals surface area contributed by atoms with Crippen molar-refractivity contribution in [1.29, 1.82) is 0 Å². The first-order valence-corrected chi connectivity index (χ1v) is 7.95. The van der Waals surface area contributed by atoms with Crippen LogP contribution in [0.25, 0.3) is 10.9 Å². The molecule has 5 heteroatoms. The zero-order valence-electron chi connectivity index (χ0n) is 14.7. The third-order valence-corrected chi connectivity index (χ3v) is 4.20. The van der Waals surface area contributed by atoms with Gasteiger partial charge < -0.3 is 19.9 Å². The van der Waals surface area contributed by atoms with Crippen LogP contribution < -0.4 is 10.1 Å². The number of nitrogens with zero attached hydrogens (tertiary/aromatic N) is 1. The van der Waals surface area contributed by atoms with E-state index in [0.717, 1.165) is 35.2 Å². The summed E-state index contributed by atoms with van der Waals surface area (Å²) in [4.78, 5) is 18.0. The minimum absolute atomic E-state index is 0.0416. The van der Waals surface area contributed by atoms with Gasteiger partial charge in [0.15, 0.2) is 0 Å². The molecule has 126 valence electrons. The Bertz CT molecular complexity index is 674. The Morgan fingerprint density at radius 2 is 2.09 bits per heavy atom. The zero-order valence-corrected chi connectivity index (χ0v) is 14.7. The van der Waals surface area contributed by atoms with Crippen LogP contribution in [0.3, 0.4) is 0 Å². The highest BCUT2D eigenvalue weighted by molar-refractivity contribution is 5.95. The molecule has 5 nitrogen and oxygen atoms in total. The Morgan fingerprint density at radius 3 is 2.74 bits per heavy atom. The van der Waals surface area contributed by atoms with Crippen molar-refractivity contribution < 1.29 is 9.53 Å². The summed E-state index contributed by atoms with van der Waals surface area (Å²) in [5.74, 6) is 0.834. The van der Waals surface area contributed by atoms with Crippen molar-refractivity contribution in [1.82, 2.24) is 15.2 Å². The number of aromatic nitrogens is 1. The second kappa shape index (κ2) is 7.04. The number of amides is 1. The number of rotatable bonds is 7. The predicted molar refractivity (Wildman–Crippen MR) is 94.1 cm³/mol. The van der Waals surface area contributed by atoms with E-state index >= 15 is 0 Å². The molecule has 23 heavy (non-hydrogen) atoms. The van der Waals surface area contributed by atoms with Gasteiger partial charge >= 0.3 is 0 Å². The Labute approximate surface area is 138 Å². The Kier molecular flexibility index (Phi) is 5.31. The highest BCUT2D eigenvalue weighted by Crippen LogP contribution is 2.32. The highest BCUT2D eigenvalue weighted by atomic mass is 16.5. The van der Waals surface area contributed by atoms with Crippen molar-refractivity contribution in [3.63, 3.8) is 0 Å². The summed E-state index contributed by atoms with van der Waals surface area (Å²) in [7, 11) is 5.71. The number of nitrogens with one attached hydrogen (secondary N) is 2. The van der Waals surface area contributed by atoms with Gasteiger partial charge in [0.05, 0.1) is 12.5 Å². The fourth-order valence-corrected chi connectivity index (χ4v) is 2.68. The lowest BCUT2D eigenvalue weighted by molar-refractivity contribution is -0.125. The van der Waals surface area contributed by atoms with Gasteiger partial charge in [-0.25, -0.2) is 0 Å². The van der Waals surface area contributed by atoms with Gasteiger partial charge in [0.25, 0.3) is 0 Å². The number of hydrogen-bond donors (Lipinski definition) is 2. The minimum atomic E-state index is -0.608. The van der Waals surface area contributed by atoms with E-state index < -0.39 is 5.41 Å². The number of methoxy groups -OCH3 is 1. The van der Waals surface area contributed by atoms with Crippen molar-refractivity contribution in [2.45, 2.75) is 25.7 Å². The second-order valence-electron chi connectivity index (χ2n) is 6.65. The van der Waals surface area contributed by atoms with E-state index in [4.69, 9.17) is 4.74 Å². The van der Waals surface area contributed by atoms with E-state index in [0.29, 0.717) is 6.54 Å². The molecular weight excluding hydrogens is 290 g/mol. The summed E-state index contributed by atoms with van der Waals surface area (Å²) in [6.45, 7) is 5.56. The fourth-order valence-electron chi connectivity index (χ4n) is 2.68. The van der Waals surface area contributed by atoms with Crippen LogP contribution in [0.4, 0.5) is 0 Å². The fraction of sp³-hybridized carbons (Fsp3) is 0.500. The van der Waals surface area contributed by atoms with Crippen molar-refractivity contribution in [2.24, 2.45) is 0 Å². The van der Waals surface area contributed by atoms with Gasteiger partial charge in [-0.2, -0.15) is 0 Å². The largest absolute Gasteiger partial charge is 0.497 e. The Morgan fingerprint density at radius 1 is 1.35 bits per heavy atom. The molecule has 0 aliphatic carbocycles. The highest BCUT2D eigenvalue weighted by Gasteiger charge is 2.32. The van der Waals surface area contributed by atoms with Crippen LogP contribution in [0.2, 0.25) is 0 Å². The summed E-state index contributed by atoms with van der Waals surface area (Å²) in [6.07, 6.45) is 2.86. The quantitative estimate of drug-likeness (QED) is 0.772. The van der Waals surface area contributed by atoms with E-state index in [1.54, 1.807) is 7.11 Å². The van der Waals surface area contributed by atoms with E-state index in [-0.39, 0.29) is 5.91 Å². The molecule has 0 atom stereocenters. The third-order valence-electron chi connectivity index (χ3n) is 4.20. The van der Waals surface area contributed by atoms with Crippen LogP contribution >= 0.6 is 0 Å². The molecule has 2 aromatic rings. The van der Waals surface area contributed by atoms with Crippen molar-refractivity contribution in [3.05, 3.63) is 30.0 Å². The van der Waals surface area contributed by atoms with Gasteiger partial charge in [-0.3, -0.25) is 4.79 Å². The van der Waals surface area contributed by atoms with E-state index in [2.05, 4.69) is 15.2 Å². The van der Waals surface area contributed by atoms with Crippen LogP contribution in [0.5, 0.6) is 5.75 Å². The molecular formula is C18H27N3O2. The van der Waals surface area contributed by atoms with Gasteiger partial charge in [-0.15, -0.1) is 0 Å². The molecule has 2 rings (SSSR count). The minimum Gasteiger partial charge on any atom is -0.497 e. The van der Waals surface area contributed by atoms with Gasteiger partial charge in [0.2, 0.25) is 5.91 Å². The van der Waals surface area contributed by atoms with Gasteiger partial charge in [-0.05, 0) is 64.7 Å². The molecule has 0 aliphatic rings. The average molecular weight is 317 g/mol. The summed E-state index contributed by atoms with van der Waals surface area (Å²) in [6, 6.07) is 5.86. The maximum Gasteiger partial charge on any atom is 0.230 e. The molecule has 1 heterocycles. The van der Waals surface area contributed by atoms with Gasteiger partial charge in [0, 0.05) is 23.6 Å². The van der Waals surface area contributed by atoms with Gasteiger partial charge in [-0.1, -0.05) is 0 Å². The molecule has 0 spiro atoms. The van der Waals surface area contributed by atoms with Crippen molar-refractivity contribution in [3.8, 4) is 5.75 Å². The van der Waals surface area contributed by atoms with Crippen LogP contribution in [0.1, 0.15) is 25.8 Å². The Hall–Kier alpha value is -2.01. The zero-order chi connectivity index (χ0) is 17.0. The third kappa shape index (κ3) is 3.85. The van der Waals surface area contributed by atoms with Gasteiger partial charge in [0.1, 0.15) is 5.75 Å². The molecule has 0 fully saturated rings. The van der Waals surface area contributed by atoms with E-state index in [1.807, 2.05) is 52.3 Å². The monoisotopic (exact) mass is 317 g/mol. The number of H-pyrrole nitrogens is 1. The molecule has 1 amide bonds. The standard InChI is InChI=1S/C18H27N3O2/c1-18(2,17(22)19-9-6-10-21(3)4)15-12-20-16-8-7-13(23-5)11-14(15)16/h7-8,11-12,20H,6,9-10H2,1-5H3,(H,19,22). The number of aromatic amines is 1. The molecule has 0 aliphatic heterocycles. The van der Waals surface area contributed by atoms with Crippen LogP contribution in [0.15, 0.2) is 24.4 Å².